The van der Waals surface area contributed by atoms with Crippen molar-refractivity contribution in [2.75, 3.05) is 25.5 Å². The lowest BCUT2D eigenvalue weighted by Gasteiger charge is -2.21. The van der Waals surface area contributed by atoms with Gasteiger partial charge in [-0.3, -0.25) is 10.1 Å². The van der Waals surface area contributed by atoms with Crippen molar-refractivity contribution in [1.29, 1.82) is 0 Å². The maximum Gasteiger partial charge on any atom is 0.257 e. The van der Waals surface area contributed by atoms with E-state index in [1.54, 1.807) is 11.4 Å². The Balaban J connectivity index is 1.54. The van der Waals surface area contributed by atoms with Gasteiger partial charge in [0.05, 0.1) is 17.8 Å². The van der Waals surface area contributed by atoms with E-state index >= 15 is 0 Å². The van der Waals surface area contributed by atoms with Gasteiger partial charge >= 0.3 is 0 Å². The summed E-state index contributed by atoms with van der Waals surface area (Å²) in [6.45, 7) is 0.867. The predicted octanol–water partition coefficient (Wildman–Crippen LogP) is 5.43. The fraction of sp³-hybridized carbons (Fsp3) is 0.304. The largest absolute Gasteiger partial charge is 0.494 e. The summed E-state index contributed by atoms with van der Waals surface area (Å²) in [5.41, 5.74) is 1.17. The number of benzene rings is 2. The summed E-state index contributed by atoms with van der Waals surface area (Å²) in [7, 11) is -2.44. The van der Waals surface area contributed by atoms with E-state index < -0.39 is 21.7 Å². The van der Waals surface area contributed by atoms with E-state index in [1.807, 2.05) is 0 Å². The van der Waals surface area contributed by atoms with Crippen LogP contribution in [0, 0.1) is 5.82 Å². The number of ether oxygens (including phenoxy) is 1. The van der Waals surface area contributed by atoms with Crippen molar-refractivity contribution in [2.45, 2.75) is 30.6 Å². The van der Waals surface area contributed by atoms with Crippen LogP contribution < -0.4 is 10.1 Å². The molecule has 3 aromatic rings. The van der Waals surface area contributed by atoms with Crippen LogP contribution in [0.15, 0.2) is 46.7 Å². The number of thiazole rings is 1. The van der Waals surface area contributed by atoms with Crippen molar-refractivity contribution in [3.8, 4) is 17.0 Å². The predicted molar refractivity (Wildman–Crippen MR) is 131 cm³/mol. The molecule has 1 aromatic heterocycles. The van der Waals surface area contributed by atoms with Crippen molar-refractivity contribution in [2.24, 2.45) is 0 Å². The third-order valence-electron chi connectivity index (χ3n) is 5.55. The van der Waals surface area contributed by atoms with Gasteiger partial charge in [-0.15, -0.1) is 11.3 Å². The Morgan fingerprint density at radius 1 is 1.15 bits per heavy atom. The molecule has 2 aromatic carbocycles. The zero-order chi connectivity index (χ0) is 24.3. The Bertz CT molecular complexity index is 1310. The monoisotopic (exact) mass is 523 g/mol. The van der Waals surface area contributed by atoms with E-state index in [9.17, 15) is 17.6 Å². The van der Waals surface area contributed by atoms with Crippen LogP contribution in [0.1, 0.15) is 36.0 Å². The number of carbonyl (C=O) groups is 1. The van der Waals surface area contributed by atoms with Crippen LogP contribution >= 0.6 is 22.9 Å². The van der Waals surface area contributed by atoms with Crippen LogP contribution in [0.2, 0.25) is 5.02 Å². The third-order valence-corrected chi connectivity index (χ3v) is 8.69. The first kappa shape index (κ1) is 24.6. The lowest BCUT2D eigenvalue weighted by atomic mass is 10.1. The minimum atomic E-state index is -3.82. The topological polar surface area (TPSA) is 88.6 Å². The number of nitrogens with zero attached hydrogens (tertiary/aromatic N) is 2. The van der Waals surface area contributed by atoms with Crippen molar-refractivity contribution in [1.82, 2.24) is 9.29 Å². The molecule has 1 aliphatic rings. The van der Waals surface area contributed by atoms with Crippen molar-refractivity contribution < 1.29 is 22.3 Å². The Kier molecular flexibility index (Phi) is 7.51. The highest BCUT2D eigenvalue weighted by atomic mass is 35.5. The summed E-state index contributed by atoms with van der Waals surface area (Å²) in [6.07, 6.45) is 3.56. The molecule has 1 N–H and O–H groups in total. The smallest absolute Gasteiger partial charge is 0.257 e. The summed E-state index contributed by atoms with van der Waals surface area (Å²) in [6, 6.07) is 8.65. The van der Waals surface area contributed by atoms with Crippen molar-refractivity contribution in [3.05, 3.63) is 58.2 Å². The van der Waals surface area contributed by atoms with Crippen LogP contribution in [0.25, 0.3) is 11.3 Å². The second kappa shape index (κ2) is 10.4. The van der Waals surface area contributed by atoms with Gasteiger partial charge in [-0.25, -0.2) is 17.8 Å². The maximum atomic E-state index is 14.0. The lowest BCUT2D eigenvalue weighted by molar-refractivity contribution is 0.102. The molecule has 1 saturated heterocycles. The highest BCUT2D eigenvalue weighted by Crippen LogP contribution is 2.30. The molecule has 1 amide bonds. The molecule has 2 heterocycles. The summed E-state index contributed by atoms with van der Waals surface area (Å²) < 4.78 is 46.7. The summed E-state index contributed by atoms with van der Waals surface area (Å²) >= 11 is 7.40. The highest BCUT2D eigenvalue weighted by molar-refractivity contribution is 7.89. The second-order valence-corrected chi connectivity index (χ2v) is 11.0. The molecule has 34 heavy (non-hydrogen) atoms. The average molecular weight is 524 g/mol. The Morgan fingerprint density at radius 2 is 1.88 bits per heavy atom. The average Bonchev–Trinajstić information content (AvgIpc) is 3.10. The zero-order valence-electron chi connectivity index (χ0n) is 18.4. The standard InChI is InChI=1S/C23H23ClFN3O4S2/c1-32-20-9-7-15(12-18(20)25)19-14-33-23(26-19)27-22(29)16-6-8-17(24)21(13-16)34(30,31)28-10-4-2-3-5-11-28/h6-9,12-14H,2-5,10-11H2,1H3,(H,26,27,29). The van der Waals surface area contributed by atoms with Crippen LogP contribution in [0.4, 0.5) is 9.52 Å². The van der Waals surface area contributed by atoms with Crippen molar-refractivity contribution in [3.63, 3.8) is 0 Å². The van der Waals surface area contributed by atoms with E-state index in [-0.39, 0.29) is 21.2 Å². The first-order valence-corrected chi connectivity index (χ1v) is 13.4. The first-order chi connectivity index (χ1) is 16.3. The number of aromatic nitrogens is 1. The molecule has 0 spiro atoms. The van der Waals surface area contributed by atoms with E-state index in [0.29, 0.717) is 29.5 Å². The molecule has 11 heteroatoms. The van der Waals surface area contributed by atoms with Gasteiger partial charge in [0.2, 0.25) is 10.0 Å². The zero-order valence-corrected chi connectivity index (χ0v) is 20.8. The molecular weight excluding hydrogens is 501 g/mol. The second-order valence-electron chi connectivity index (χ2n) is 7.80. The minimum Gasteiger partial charge on any atom is -0.494 e. The summed E-state index contributed by atoms with van der Waals surface area (Å²) in [5.74, 6) is -0.912. The van der Waals surface area contributed by atoms with Gasteiger partial charge in [-0.05, 0) is 49.2 Å². The highest BCUT2D eigenvalue weighted by Gasteiger charge is 2.28. The Labute approximate surface area is 206 Å². The fourth-order valence-electron chi connectivity index (χ4n) is 3.72. The van der Waals surface area contributed by atoms with Gasteiger partial charge in [-0.1, -0.05) is 24.4 Å². The number of nitrogens with one attached hydrogen (secondary N) is 1. The lowest BCUT2D eigenvalue weighted by Crippen LogP contribution is -2.32. The molecule has 1 fully saturated rings. The number of carbonyl (C=O) groups excluding carboxylic acids is 1. The number of hydrogen-bond acceptors (Lipinski definition) is 6. The molecule has 180 valence electrons. The quantitative estimate of drug-likeness (QED) is 0.465. The van der Waals surface area contributed by atoms with Gasteiger partial charge in [0.15, 0.2) is 16.7 Å². The Morgan fingerprint density at radius 3 is 2.56 bits per heavy atom. The number of halogens is 2. The number of sulfonamides is 1. The first-order valence-electron chi connectivity index (χ1n) is 10.7. The molecular formula is C23H23ClFN3O4S2. The number of rotatable bonds is 6. The van der Waals surface area contributed by atoms with E-state index in [4.69, 9.17) is 16.3 Å². The molecule has 0 aliphatic carbocycles. The fourth-order valence-corrected chi connectivity index (χ4v) is 6.45. The van der Waals surface area contributed by atoms with Gasteiger partial charge in [0, 0.05) is 29.6 Å². The minimum absolute atomic E-state index is 0.0684. The molecule has 0 saturated carbocycles. The van der Waals surface area contributed by atoms with Crippen LogP contribution in [0.3, 0.4) is 0 Å². The van der Waals surface area contributed by atoms with Crippen LogP contribution in [0.5, 0.6) is 5.75 Å². The third kappa shape index (κ3) is 5.25. The molecule has 0 radical (unpaired) electrons. The molecule has 0 bridgehead atoms. The van der Waals surface area contributed by atoms with E-state index in [0.717, 1.165) is 25.7 Å². The number of hydrogen-bond donors (Lipinski definition) is 1. The van der Waals surface area contributed by atoms with Gasteiger partial charge in [0.25, 0.3) is 5.91 Å². The molecule has 0 unspecified atom stereocenters. The Hall–Kier alpha value is -2.53. The normalized spacial score (nSPS) is 15.0. The SMILES string of the molecule is COc1ccc(-c2csc(NC(=O)c3ccc(Cl)c(S(=O)(=O)N4CCCCCC4)c3)n2)cc1F. The van der Waals surface area contributed by atoms with Crippen LogP contribution in [-0.4, -0.2) is 43.8 Å². The van der Waals surface area contributed by atoms with Gasteiger partial charge < -0.3 is 4.74 Å². The number of methoxy groups -OCH3 is 1. The van der Waals surface area contributed by atoms with Crippen LogP contribution in [-0.2, 0) is 10.0 Å². The molecule has 0 atom stereocenters. The molecule has 4 rings (SSSR count). The molecule has 1 aliphatic heterocycles. The van der Waals surface area contributed by atoms with Crippen molar-refractivity contribution >= 4 is 44.0 Å². The van der Waals surface area contributed by atoms with Gasteiger partial charge in [-0.2, -0.15) is 4.31 Å². The van der Waals surface area contributed by atoms with Gasteiger partial charge in [0.1, 0.15) is 4.90 Å². The number of amides is 1. The summed E-state index contributed by atoms with van der Waals surface area (Å²) in [5, 5.41) is 4.72. The summed E-state index contributed by atoms with van der Waals surface area (Å²) in [4.78, 5) is 17.1. The van der Waals surface area contributed by atoms with E-state index in [1.165, 1.54) is 53.1 Å². The molecule has 7 nitrogen and oxygen atoms in total. The number of anilines is 1. The maximum absolute atomic E-state index is 14.0. The van der Waals surface area contributed by atoms with E-state index in [2.05, 4.69) is 10.3 Å².